The number of nitrogens with one attached hydrogen (secondary N) is 2. The van der Waals surface area contributed by atoms with Crippen molar-refractivity contribution in [1.82, 2.24) is 10.3 Å². The zero-order valence-electron chi connectivity index (χ0n) is 15.4. The maximum atomic E-state index is 15.0. The SMILES string of the molecule is N#Cc1ccc(C(=O)Nc2ccc(F)c(C3(C4CC4)OC(N)CNC3F)c2)nc1. The number of anilines is 1. The molecule has 3 atom stereocenters. The summed E-state index contributed by atoms with van der Waals surface area (Å²) in [6.07, 6.45) is 0.266. The van der Waals surface area contributed by atoms with Gasteiger partial charge in [0.25, 0.3) is 5.91 Å². The summed E-state index contributed by atoms with van der Waals surface area (Å²) >= 11 is 0. The lowest BCUT2D eigenvalue weighted by Gasteiger charge is -2.44. The number of carbonyl (C=O) groups excluding carboxylic acids is 1. The fourth-order valence-corrected chi connectivity index (χ4v) is 3.65. The zero-order valence-corrected chi connectivity index (χ0v) is 15.4. The van der Waals surface area contributed by atoms with Crippen molar-refractivity contribution in [2.45, 2.75) is 31.0 Å². The number of rotatable bonds is 4. The highest BCUT2D eigenvalue weighted by Gasteiger charge is 2.57. The van der Waals surface area contributed by atoms with Crippen molar-refractivity contribution in [1.29, 1.82) is 5.26 Å². The van der Waals surface area contributed by atoms with Gasteiger partial charge in [0.15, 0.2) is 6.30 Å². The second-order valence-corrected chi connectivity index (χ2v) is 7.19. The molecule has 0 spiro atoms. The van der Waals surface area contributed by atoms with Crippen molar-refractivity contribution in [2.75, 3.05) is 11.9 Å². The highest BCUT2D eigenvalue weighted by atomic mass is 19.1. The number of halogens is 2. The number of hydrogen-bond donors (Lipinski definition) is 3. The van der Waals surface area contributed by atoms with E-state index >= 15 is 0 Å². The van der Waals surface area contributed by atoms with E-state index in [1.807, 2.05) is 6.07 Å². The summed E-state index contributed by atoms with van der Waals surface area (Å²) in [5.74, 6) is -1.38. The van der Waals surface area contributed by atoms with Crippen molar-refractivity contribution in [3.05, 3.63) is 59.2 Å². The minimum atomic E-state index is -1.63. The summed E-state index contributed by atoms with van der Waals surface area (Å²) in [5, 5.41) is 14.1. The molecule has 0 radical (unpaired) electrons. The number of alkyl halides is 1. The number of ether oxygens (including phenoxy) is 1. The summed E-state index contributed by atoms with van der Waals surface area (Å²) in [4.78, 5) is 16.4. The van der Waals surface area contributed by atoms with Crippen molar-refractivity contribution in [3.63, 3.8) is 0 Å². The van der Waals surface area contributed by atoms with Gasteiger partial charge >= 0.3 is 0 Å². The Morgan fingerprint density at radius 2 is 2.17 bits per heavy atom. The van der Waals surface area contributed by atoms with Crippen LogP contribution in [-0.4, -0.2) is 30.0 Å². The Kier molecular flexibility index (Phi) is 5.00. The minimum absolute atomic E-state index is 0.0146. The molecule has 2 fully saturated rings. The fraction of sp³-hybridized carbons (Fsp3) is 0.350. The van der Waals surface area contributed by atoms with Crippen LogP contribution < -0.4 is 16.4 Å². The van der Waals surface area contributed by atoms with Crippen LogP contribution in [0.15, 0.2) is 36.5 Å². The highest BCUT2D eigenvalue weighted by Crippen LogP contribution is 2.53. The van der Waals surface area contributed by atoms with Gasteiger partial charge in [0.2, 0.25) is 0 Å². The lowest BCUT2D eigenvalue weighted by Crippen LogP contribution is -2.61. The second-order valence-electron chi connectivity index (χ2n) is 7.19. The first-order chi connectivity index (χ1) is 13.9. The average Bonchev–Trinajstić information content (AvgIpc) is 3.57. The van der Waals surface area contributed by atoms with Gasteiger partial charge in [0.1, 0.15) is 29.4 Å². The maximum Gasteiger partial charge on any atom is 0.274 e. The van der Waals surface area contributed by atoms with Crippen molar-refractivity contribution in [3.8, 4) is 6.07 Å². The van der Waals surface area contributed by atoms with Crippen molar-refractivity contribution >= 4 is 11.6 Å². The van der Waals surface area contributed by atoms with Gasteiger partial charge in [-0.05, 0) is 49.1 Å². The topological polar surface area (TPSA) is 113 Å². The molecule has 2 aromatic rings. The van der Waals surface area contributed by atoms with Crippen molar-refractivity contribution in [2.24, 2.45) is 11.7 Å². The Morgan fingerprint density at radius 1 is 1.38 bits per heavy atom. The van der Waals surface area contributed by atoms with Gasteiger partial charge in [-0.15, -0.1) is 0 Å². The number of carbonyl (C=O) groups is 1. The molecule has 2 aliphatic rings. The van der Waals surface area contributed by atoms with Crippen LogP contribution in [0.2, 0.25) is 0 Å². The summed E-state index contributed by atoms with van der Waals surface area (Å²) < 4.78 is 35.5. The van der Waals surface area contributed by atoms with E-state index in [1.165, 1.54) is 30.5 Å². The van der Waals surface area contributed by atoms with Crippen LogP contribution in [-0.2, 0) is 10.3 Å². The third kappa shape index (κ3) is 3.58. The number of morpholine rings is 1. The molecule has 1 aromatic heterocycles. The van der Waals surface area contributed by atoms with E-state index < -0.39 is 29.8 Å². The van der Waals surface area contributed by atoms with Crippen LogP contribution >= 0.6 is 0 Å². The molecule has 2 heterocycles. The van der Waals surface area contributed by atoms with Crippen molar-refractivity contribution < 1.29 is 18.3 Å². The normalized spacial score (nSPS) is 26.6. The largest absolute Gasteiger partial charge is 0.346 e. The van der Waals surface area contributed by atoms with E-state index in [4.69, 9.17) is 15.7 Å². The summed E-state index contributed by atoms with van der Waals surface area (Å²) in [5.41, 5.74) is 5.02. The van der Waals surface area contributed by atoms with Gasteiger partial charge in [0.05, 0.1) is 5.56 Å². The van der Waals surface area contributed by atoms with Crippen LogP contribution in [0.25, 0.3) is 0 Å². The third-order valence-corrected chi connectivity index (χ3v) is 5.18. The van der Waals surface area contributed by atoms with Crippen LogP contribution in [0.3, 0.4) is 0 Å². The smallest absolute Gasteiger partial charge is 0.274 e. The molecule has 4 N–H and O–H groups in total. The lowest BCUT2D eigenvalue weighted by atomic mass is 9.85. The number of amides is 1. The third-order valence-electron chi connectivity index (χ3n) is 5.18. The predicted octanol–water partition coefficient (Wildman–Crippen LogP) is 2.15. The fourth-order valence-electron chi connectivity index (χ4n) is 3.65. The van der Waals surface area contributed by atoms with Gasteiger partial charge in [-0.3, -0.25) is 10.1 Å². The van der Waals surface area contributed by atoms with Gasteiger partial charge in [-0.1, -0.05) is 0 Å². The number of hydrogen-bond acceptors (Lipinski definition) is 6. The number of nitriles is 1. The zero-order chi connectivity index (χ0) is 20.6. The van der Waals surface area contributed by atoms with Gasteiger partial charge < -0.3 is 15.8 Å². The molecule has 29 heavy (non-hydrogen) atoms. The Balaban J connectivity index is 1.65. The maximum absolute atomic E-state index is 15.0. The molecule has 4 rings (SSSR count). The molecule has 1 saturated heterocycles. The van der Waals surface area contributed by atoms with Gasteiger partial charge in [-0.25, -0.2) is 13.8 Å². The molecular formula is C20H19F2N5O2. The Bertz CT molecular complexity index is 974. The first kappa shape index (κ1) is 19.4. The van der Waals surface area contributed by atoms with Crippen LogP contribution in [0.4, 0.5) is 14.5 Å². The summed E-state index contributed by atoms with van der Waals surface area (Å²) in [6.45, 7) is 0.123. The quantitative estimate of drug-likeness (QED) is 0.679. The van der Waals surface area contributed by atoms with E-state index in [0.717, 1.165) is 6.07 Å². The summed E-state index contributed by atoms with van der Waals surface area (Å²) in [7, 11) is 0. The first-order valence-corrected chi connectivity index (χ1v) is 9.22. The minimum Gasteiger partial charge on any atom is -0.346 e. The number of benzene rings is 1. The molecule has 3 unspecified atom stereocenters. The van der Waals surface area contributed by atoms with Crippen LogP contribution in [0, 0.1) is 23.1 Å². The lowest BCUT2D eigenvalue weighted by molar-refractivity contribution is -0.191. The molecule has 7 nitrogen and oxygen atoms in total. The monoisotopic (exact) mass is 399 g/mol. The molecule has 150 valence electrons. The number of aromatic nitrogens is 1. The average molecular weight is 399 g/mol. The van der Waals surface area contributed by atoms with E-state index in [9.17, 15) is 13.6 Å². The molecule has 1 amide bonds. The number of pyridine rings is 1. The molecule has 1 saturated carbocycles. The molecule has 9 heteroatoms. The Hall–Kier alpha value is -2.93. The standard InChI is InChI=1S/C20H19F2N5O2/c21-15-5-4-13(27-18(28)16-6-1-11(8-23)9-25-16)7-14(15)20(12-2-3-12)19(22)26-10-17(24)29-20/h1,4-7,9,12,17,19,26H,2-3,10,24H2,(H,27,28). The van der Waals surface area contributed by atoms with E-state index in [-0.39, 0.29) is 29.4 Å². The van der Waals surface area contributed by atoms with Gasteiger partial charge in [0, 0.05) is 24.0 Å². The van der Waals surface area contributed by atoms with Crippen LogP contribution in [0.1, 0.15) is 34.5 Å². The Morgan fingerprint density at radius 3 is 2.83 bits per heavy atom. The van der Waals surface area contributed by atoms with Crippen LogP contribution in [0.5, 0.6) is 0 Å². The Labute approximate surface area is 165 Å². The first-order valence-electron chi connectivity index (χ1n) is 9.22. The highest BCUT2D eigenvalue weighted by molar-refractivity contribution is 6.02. The molecular weight excluding hydrogens is 380 g/mol. The molecule has 0 bridgehead atoms. The summed E-state index contributed by atoms with van der Waals surface area (Å²) in [6, 6.07) is 8.72. The van der Waals surface area contributed by atoms with Gasteiger partial charge in [-0.2, -0.15) is 5.26 Å². The molecule has 1 aliphatic heterocycles. The molecule has 1 aromatic carbocycles. The number of nitrogens with two attached hydrogens (primary N) is 1. The predicted molar refractivity (Wildman–Crippen MR) is 99.7 cm³/mol. The second kappa shape index (κ2) is 7.48. The molecule has 1 aliphatic carbocycles. The number of nitrogens with zero attached hydrogens (tertiary/aromatic N) is 2. The van der Waals surface area contributed by atoms with E-state index in [0.29, 0.717) is 18.4 Å². The van der Waals surface area contributed by atoms with E-state index in [2.05, 4.69) is 15.6 Å². The van der Waals surface area contributed by atoms with E-state index in [1.54, 1.807) is 0 Å².